The number of hydrogen-bond acceptors (Lipinski definition) is 5. The number of nitrogens with zero attached hydrogens (tertiary/aromatic N) is 2. The van der Waals surface area contributed by atoms with Gasteiger partial charge in [0.2, 0.25) is 0 Å². The molecule has 0 spiro atoms. The van der Waals surface area contributed by atoms with Gasteiger partial charge >= 0.3 is 0 Å². The number of aromatic nitrogens is 1. The van der Waals surface area contributed by atoms with Gasteiger partial charge in [-0.3, -0.25) is 4.79 Å². The number of benzene rings is 3. The molecule has 7 heteroatoms. The smallest absolute Gasteiger partial charge is 0.272 e. The first-order valence-corrected chi connectivity index (χ1v) is 10.4. The number of carbonyl (C=O) groups excluding carboxylic acids is 1. The minimum atomic E-state index is -0.362. The maximum atomic E-state index is 13.0. The number of ether oxygens (including phenoxy) is 1. The first-order chi connectivity index (χ1) is 15.5. The van der Waals surface area contributed by atoms with Crippen LogP contribution in [0.1, 0.15) is 22.8 Å². The van der Waals surface area contributed by atoms with Crippen LogP contribution in [0.25, 0.3) is 22.2 Å². The zero-order valence-electron chi connectivity index (χ0n) is 17.2. The molecular weight excluding hydrogens is 426 g/mol. The molecule has 1 heterocycles. The number of phenolic OH excluding ortho intramolecular Hbond substituents is 1. The van der Waals surface area contributed by atoms with Gasteiger partial charge in [0.15, 0.2) is 11.5 Å². The van der Waals surface area contributed by atoms with Crippen LogP contribution in [0, 0.1) is 0 Å². The third-order valence-electron chi connectivity index (χ3n) is 4.76. The lowest BCUT2D eigenvalue weighted by atomic mass is 10.0. The Hall–Kier alpha value is -3.90. The summed E-state index contributed by atoms with van der Waals surface area (Å²) in [6, 6.07) is 21.3. The second-order valence-corrected chi connectivity index (χ2v) is 7.37. The highest BCUT2D eigenvalue weighted by Crippen LogP contribution is 2.27. The van der Waals surface area contributed by atoms with Crippen molar-refractivity contribution in [1.82, 2.24) is 10.4 Å². The summed E-state index contributed by atoms with van der Waals surface area (Å²) in [4.78, 5) is 17.7. The monoisotopic (exact) mass is 445 g/mol. The molecule has 4 aromatic rings. The number of amides is 1. The summed E-state index contributed by atoms with van der Waals surface area (Å²) in [5.41, 5.74) is 5.92. The number of carbonyl (C=O) groups is 1. The fourth-order valence-corrected chi connectivity index (χ4v) is 3.37. The molecule has 0 radical (unpaired) electrons. The van der Waals surface area contributed by atoms with Crippen molar-refractivity contribution in [3.8, 4) is 22.8 Å². The van der Waals surface area contributed by atoms with Gasteiger partial charge in [-0.15, -0.1) is 0 Å². The number of hydrogen-bond donors (Lipinski definition) is 2. The summed E-state index contributed by atoms with van der Waals surface area (Å²) in [6.45, 7) is 2.26. The third kappa shape index (κ3) is 4.71. The number of phenols is 1. The van der Waals surface area contributed by atoms with E-state index in [-0.39, 0.29) is 11.7 Å². The van der Waals surface area contributed by atoms with Gasteiger partial charge in [0.1, 0.15) is 0 Å². The van der Waals surface area contributed by atoms with E-state index >= 15 is 0 Å². The van der Waals surface area contributed by atoms with Crippen LogP contribution in [-0.4, -0.2) is 28.8 Å². The van der Waals surface area contributed by atoms with E-state index in [1.54, 1.807) is 30.3 Å². The molecule has 6 nitrogen and oxygen atoms in total. The van der Waals surface area contributed by atoms with Gasteiger partial charge < -0.3 is 9.84 Å². The second-order valence-electron chi connectivity index (χ2n) is 6.94. The molecule has 0 bridgehead atoms. The van der Waals surface area contributed by atoms with Crippen molar-refractivity contribution in [3.63, 3.8) is 0 Å². The van der Waals surface area contributed by atoms with E-state index < -0.39 is 0 Å². The maximum absolute atomic E-state index is 13.0. The number of pyridine rings is 1. The highest BCUT2D eigenvalue weighted by molar-refractivity contribution is 6.30. The van der Waals surface area contributed by atoms with Gasteiger partial charge in [-0.05, 0) is 55.0 Å². The van der Waals surface area contributed by atoms with E-state index in [2.05, 4.69) is 15.5 Å². The quantitative estimate of drug-likeness (QED) is 0.306. The Morgan fingerprint density at radius 2 is 1.91 bits per heavy atom. The van der Waals surface area contributed by atoms with Gasteiger partial charge in [0.05, 0.1) is 29.6 Å². The number of fused-ring (bicyclic) bond motifs is 1. The zero-order valence-corrected chi connectivity index (χ0v) is 18.0. The number of nitrogens with one attached hydrogen (secondary N) is 1. The molecule has 0 aliphatic heterocycles. The summed E-state index contributed by atoms with van der Waals surface area (Å²) in [6.07, 6.45) is 1.49. The summed E-state index contributed by atoms with van der Waals surface area (Å²) in [5, 5.41) is 15.2. The van der Waals surface area contributed by atoms with Crippen LogP contribution in [0.15, 0.2) is 77.9 Å². The van der Waals surface area contributed by atoms with Crippen molar-refractivity contribution in [1.29, 1.82) is 0 Å². The lowest BCUT2D eigenvalue weighted by molar-refractivity contribution is 0.0956. The Balaban J connectivity index is 1.62. The van der Waals surface area contributed by atoms with Crippen LogP contribution in [-0.2, 0) is 0 Å². The minimum absolute atomic E-state index is 0.0472. The van der Waals surface area contributed by atoms with E-state index in [0.717, 1.165) is 10.9 Å². The van der Waals surface area contributed by atoms with Gasteiger partial charge in [0.25, 0.3) is 5.91 Å². The molecule has 0 saturated carbocycles. The lowest BCUT2D eigenvalue weighted by Crippen LogP contribution is -2.18. The molecule has 0 atom stereocenters. The molecule has 1 amide bonds. The van der Waals surface area contributed by atoms with Crippen molar-refractivity contribution in [2.45, 2.75) is 6.92 Å². The number of hydrazone groups is 1. The highest BCUT2D eigenvalue weighted by Gasteiger charge is 2.13. The topological polar surface area (TPSA) is 83.8 Å². The molecule has 4 rings (SSSR count). The Labute approximate surface area is 190 Å². The van der Waals surface area contributed by atoms with Crippen molar-refractivity contribution in [2.24, 2.45) is 5.10 Å². The van der Waals surface area contributed by atoms with E-state index in [1.807, 2.05) is 43.3 Å². The molecule has 160 valence electrons. The van der Waals surface area contributed by atoms with E-state index in [1.165, 1.54) is 12.3 Å². The van der Waals surface area contributed by atoms with Crippen LogP contribution in [0.3, 0.4) is 0 Å². The Morgan fingerprint density at radius 3 is 2.69 bits per heavy atom. The Kier molecular flexibility index (Phi) is 6.33. The first kappa shape index (κ1) is 21.3. The fourth-order valence-electron chi connectivity index (χ4n) is 3.24. The molecule has 2 N–H and O–H groups in total. The third-order valence-corrected chi connectivity index (χ3v) is 5.02. The molecule has 0 saturated heterocycles. The van der Waals surface area contributed by atoms with Crippen LogP contribution >= 0.6 is 11.6 Å². The number of rotatable bonds is 6. The molecule has 3 aromatic carbocycles. The molecular formula is C25H20ClN3O3. The predicted molar refractivity (Wildman–Crippen MR) is 127 cm³/mol. The van der Waals surface area contributed by atoms with Crippen molar-refractivity contribution in [3.05, 3.63) is 88.9 Å². The van der Waals surface area contributed by atoms with Crippen molar-refractivity contribution >= 4 is 34.6 Å². The maximum Gasteiger partial charge on any atom is 0.272 e. The molecule has 1 aromatic heterocycles. The average Bonchev–Trinajstić information content (AvgIpc) is 2.81. The average molecular weight is 446 g/mol. The van der Waals surface area contributed by atoms with Gasteiger partial charge in [-0.25, -0.2) is 10.4 Å². The largest absolute Gasteiger partial charge is 0.504 e. The van der Waals surface area contributed by atoms with Crippen LogP contribution < -0.4 is 10.2 Å². The number of aromatic hydroxyl groups is 1. The number of halogens is 1. The van der Waals surface area contributed by atoms with E-state index in [4.69, 9.17) is 16.3 Å². The van der Waals surface area contributed by atoms with Crippen LogP contribution in [0.2, 0.25) is 5.02 Å². The predicted octanol–water partition coefficient (Wildman–Crippen LogP) is 5.42. The Morgan fingerprint density at radius 1 is 1.12 bits per heavy atom. The standard InChI is InChI=1S/C25H20ClN3O3/c1-2-32-24-13-16(7-12-23(24)30)15-27-29-25(31)20-14-22(17-8-10-18(26)11-9-17)28-21-6-4-3-5-19(20)21/h3-15,30H,2H2,1H3,(H,29,31)/b27-15+. The Bertz CT molecular complexity index is 1300. The minimum Gasteiger partial charge on any atom is -0.504 e. The van der Waals surface area contributed by atoms with Gasteiger partial charge in [-0.1, -0.05) is 41.9 Å². The van der Waals surface area contributed by atoms with Gasteiger partial charge in [0, 0.05) is 16.0 Å². The van der Waals surface area contributed by atoms with Gasteiger partial charge in [-0.2, -0.15) is 5.10 Å². The second kappa shape index (κ2) is 9.49. The highest BCUT2D eigenvalue weighted by atomic mass is 35.5. The molecule has 32 heavy (non-hydrogen) atoms. The van der Waals surface area contributed by atoms with Crippen LogP contribution in [0.5, 0.6) is 11.5 Å². The van der Waals surface area contributed by atoms with Crippen molar-refractivity contribution in [2.75, 3.05) is 6.61 Å². The molecule has 0 fully saturated rings. The molecule has 0 unspecified atom stereocenters. The fraction of sp³-hybridized carbons (Fsp3) is 0.0800. The zero-order chi connectivity index (χ0) is 22.5. The molecule has 0 aliphatic rings. The summed E-state index contributed by atoms with van der Waals surface area (Å²) < 4.78 is 5.37. The summed E-state index contributed by atoms with van der Waals surface area (Å²) in [5.74, 6) is 0.0420. The summed E-state index contributed by atoms with van der Waals surface area (Å²) in [7, 11) is 0. The van der Waals surface area contributed by atoms with Crippen LogP contribution in [0.4, 0.5) is 0 Å². The normalized spacial score (nSPS) is 11.1. The SMILES string of the molecule is CCOc1cc(/C=N/NC(=O)c2cc(-c3ccc(Cl)cc3)nc3ccccc23)ccc1O. The van der Waals surface area contributed by atoms with E-state index in [0.29, 0.717) is 39.7 Å². The first-order valence-electron chi connectivity index (χ1n) is 10.00. The summed E-state index contributed by atoms with van der Waals surface area (Å²) >= 11 is 6.00. The van der Waals surface area contributed by atoms with E-state index in [9.17, 15) is 9.90 Å². The molecule has 0 aliphatic carbocycles. The number of para-hydroxylation sites is 1. The van der Waals surface area contributed by atoms with Crippen molar-refractivity contribution < 1.29 is 14.6 Å². The lowest BCUT2D eigenvalue weighted by Gasteiger charge is -2.09.